The zero-order valence-electron chi connectivity index (χ0n) is 6.09. The molecule has 44 valence electrons. The van der Waals surface area contributed by atoms with Crippen LogP contribution in [0.1, 0.15) is 14.8 Å². The summed E-state index contributed by atoms with van der Waals surface area (Å²) in [5.74, 6) is -0.963. The van der Waals surface area contributed by atoms with E-state index >= 15 is 0 Å². The van der Waals surface area contributed by atoms with E-state index in [2.05, 4.69) is 0 Å². The first-order chi connectivity index (χ1) is 3.13. The Kier molecular flexibility index (Phi) is 7.83. The van der Waals surface area contributed by atoms with E-state index < -0.39 is 12.1 Å². The Bertz CT molecular complexity index is 76.2. The van der Waals surface area contributed by atoms with Crippen LogP contribution in [0.25, 0.3) is 0 Å². The number of aliphatic carboxylic acids is 1. The second-order valence-electron chi connectivity index (χ2n) is 1.45. The molecule has 0 aliphatic heterocycles. The largest absolute Gasteiger partial charge is 1.00 e. The average Bonchev–Trinajstić information content (AvgIpc) is 1.27. The first kappa shape index (κ1) is 11.3. The van der Waals surface area contributed by atoms with Crippen molar-refractivity contribution in [2.24, 2.45) is 0 Å². The number of aliphatic hydroxyl groups is 1. The zero-order chi connectivity index (χ0) is 5.86. The van der Waals surface area contributed by atoms with Crippen molar-refractivity contribution in [3.05, 3.63) is 0 Å². The smallest absolute Gasteiger partial charge is 1.00 e. The van der Waals surface area contributed by atoms with E-state index in [1.54, 1.807) is 0 Å². The molecule has 4 heteroatoms. The van der Waals surface area contributed by atoms with Gasteiger partial charge in [0, 0.05) is 0 Å². The van der Waals surface area contributed by atoms with E-state index in [9.17, 15) is 4.79 Å². The van der Waals surface area contributed by atoms with Gasteiger partial charge in [0.1, 0.15) is 0 Å². The van der Waals surface area contributed by atoms with Gasteiger partial charge in [-0.25, -0.2) is 0 Å². The molecule has 1 atom stereocenters. The summed E-state index contributed by atoms with van der Waals surface area (Å²) in [6.07, 6.45) is -0.891. The van der Waals surface area contributed by atoms with Crippen molar-refractivity contribution >= 4 is 5.97 Å². The number of rotatable bonds is 2. The van der Waals surface area contributed by atoms with Gasteiger partial charge in [0.05, 0.1) is 12.5 Å². The molecular formula is C4H9NaO3. The van der Waals surface area contributed by atoms with Gasteiger partial charge in [-0.2, -0.15) is 0 Å². The standard InChI is InChI=1S/C4H8O3.Na.H/c1-3(5)2-4(6)7;;/h3,5H,2H2,1H3,(H,6,7);;/q;+1;-1/t3-;;/m1../s1. The van der Waals surface area contributed by atoms with Crippen LogP contribution in [-0.4, -0.2) is 22.3 Å². The molecule has 0 heterocycles. The Hall–Kier alpha value is 0.430. The third kappa shape index (κ3) is 9.66. The van der Waals surface area contributed by atoms with Gasteiger partial charge in [-0.3, -0.25) is 4.79 Å². The van der Waals surface area contributed by atoms with Crippen molar-refractivity contribution in [2.75, 3.05) is 0 Å². The molecule has 0 spiro atoms. The Morgan fingerprint density at radius 1 is 1.88 bits per heavy atom. The van der Waals surface area contributed by atoms with Crippen LogP contribution in [0.3, 0.4) is 0 Å². The maximum absolute atomic E-state index is 9.65. The van der Waals surface area contributed by atoms with Crippen LogP contribution in [0.4, 0.5) is 0 Å². The fourth-order valence-corrected chi connectivity index (χ4v) is 0.253. The maximum Gasteiger partial charge on any atom is 1.00 e. The Morgan fingerprint density at radius 3 is 2.25 bits per heavy atom. The molecule has 0 radical (unpaired) electrons. The van der Waals surface area contributed by atoms with Crippen LogP contribution in [-0.2, 0) is 4.79 Å². The summed E-state index contributed by atoms with van der Waals surface area (Å²) in [6.45, 7) is 1.44. The van der Waals surface area contributed by atoms with Gasteiger partial charge < -0.3 is 11.6 Å². The van der Waals surface area contributed by atoms with Crippen LogP contribution in [0, 0.1) is 0 Å². The normalized spacial score (nSPS) is 11.8. The summed E-state index contributed by atoms with van der Waals surface area (Å²) in [4.78, 5) is 9.65. The number of carboxylic acid groups (broad SMARTS) is 1. The van der Waals surface area contributed by atoms with Gasteiger partial charge in [-0.05, 0) is 6.92 Å². The molecule has 0 aromatic heterocycles. The van der Waals surface area contributed by atoms with Crippen molar-refractivity contribution in [2.45, 2.75) is 19.4 Å². The van der Waals surface area contributed by atoms with Crippen molar-refractivity contribution < 1.29 is 46.0 Å². The molecule has 8 heavy (non-hydrogen) atoms. The Balaban J connectivity index is -0.000000180. The molecule has 0 saturated heterocycles. The number of carboxylic acids is 1. The van der Waals surface area contributed by atoms with Gasteiger partial charge in [0.15, 0.2) is 0 Å². The van der Waals surface area contributed by atoms with E-state index in [1.165, 1.54) is 6.92 Å². The third-order valence-corrected chi connectivity index (χ3v) is 0.470. The van der Waals surface area contributed by atoms with Gasteiger partial charge >= 0.3 is 35.5 Å². The summed E-state index contributed by atoms with van der Waals surface area (Å²) in [5.41, 5.74) is 0. The zero-order valence-corrected chi connectivity index (χ0v) is 7.09. The SMILES string of the molecule is C[C@@H](O)CC(=O)O.[H-].[Na+]. The summed E-state index contributed by atoms with van der Waals surface area (Å²) < 4.78 is 0. The molecule has 0 aliphatic rings. The van der Waals surface area contributed by atoms with E-state index in [0.29, 0.717) is 0 Å². The topological polar surface area (TPSA) is 57.5 Å². The second-order valence-corrected chi connectivity index (χ2v) is 1.45. The number of hydrogen-bond donors (Lipinski definition) is 2. The van der Waals surface area contributed by atoms with E-state index in [0.717, 1.165) is 0 Å². The van der Waals surface area contributed by atoms with Crippen molar-refractivity contribution in [1.29, 1.82) is 0 Å². The van der Waals surface area contributed by atoms with Crippen molar-refractivity contribution in [3.8, 4) is 0 Å². The van der Waals surface area contributed by atoms with Crippen LogP contribution >= 0.6 is 0 Å². The maximum atomic E-state index is 9.65. The van der Waals surface area contributed by atoms with Gasteiger partial charge in [0.25, 0.3) is 0 Å². The van der Waals surface area contributed by atoms with Crippen LogP contribution in [0.5, 0.6) is 0 Å². The summed E-state index contributed by atoms with van der Waals surface area (Å²) in [6, 6.07) is 0. The number of hydrogen-bond acceptors (Lipinski definition) is 2. The molecule has 0 unspecified atom stereocenters. The molecule has 0 aliphatic carbocycles. The Labute approximate surface area is 71.5 Å². The predicted molar refractivity (Wildman–Crippen MR) is 25.0 cm³/mol. The quantitative estimate of drug-likeness (QED) is 0.389. The van der Waals surface area contributed by atoms with Gasteiger partial charge in [-0.1, -0.05) is 0 Å². The molecule has 0 saturated carbocycles. The van der Waals surface area contributed by atoms with Crippen molar-refractivity contribution in [1.82, 2.24) is 0 Å². The molecule has 0 amide bonds. The first-order valence-corrected chi connectivity index (χ1v) is 2.03. The van der Waals surface area contributed by atoms with Crippen LogP contribution in [0.2, 0.25) is 0 Å². The van der Waals surface area contributed by atoms with Crippen molar-refractivity contribution in [3.63, 3.8) is 0 Å². The summed E-state index contributed by atoms with van der Waals surface area (Å²) >= 11 is 0. The predicted octanol–water partition coefficient (Wildman–Crippen LogP) is -3.04. The van der Waals surface area contributed by atoms with Crippen LogP contribution in [0.15, 0.2) is 0 Å². The average molecular weight is 128 g/mol. The molecule has 2 N–H and O–H groups in total. The Morgan fingerprint density at radius 2 is 2.25 bits per heavy atom. The number of carbonyl (C=O) groups is 1. The fraction of sp³-hybridized carbons (Fsp3) is 0.750. The second kappa shape index (κ2) is 5.56. The molecule has 0 rings (SSSR count). The molecule has 0 aromatic carbocycles. The third-order valence-electron chi connectivity index (χ3n) is 0.470. The molecular weight excluding hydrogens is 119 g/mol. The molecule has 0 aromatic rings. The minimum Gasteiger partial charge on any atom is -1.00 e. The summed E-state index contributed by atoms with van der Waals surface area (Å²) in [5, 5.41) is 16.3. The van der Waals surface area contributed by atoms with Crippen LogP contribution < -0.4 is 29.6 Å². The van der Waals surface area contributed by atoms with E-state index in [-0.39, 0.29) is 37.4 Å². The van der Waals surface area contributed by atoms with E-state index in [1.807, 2.05) is 0 Å². The monoisotopic (exact) mass is 128 g/mol. The molecule has 0 fully saturated rings. The first-order valence-electron chi connectivity index (χ1n) is 2.03. The molecule has 3 nitrogen and oxygen atoms in total. The minimum absolute atomic E-state index is 0. The number of aliphatic hydroxyl groups excluding tert-OH is 1. The molecule has 0 bridgehead atoms. The van der Waals surface area contributed by atoms with Gasteiger partial charge in [-0.15, -0.1) is 0 Å². The summed E-state index contributed by atoms with van der Waals surface area (Å²) in [7, 11) is 0. The van der Waals surface area contributed by atoms with Gasteiger partial charge in [0.2, 0.25) is 0 Å². The van der Waals surface area contributed by atoms with E-state index in [4.69, 9.17) is 10.2 Å². The fourth-order valence-electron chi connectivity index (χ4n) is 0.253. The minimum atomic E-state index is -0.963.